The topological polar surface area (TPSA) is 149 Å². The van der Waals surface area contributed by atoms with Crippen LogP contribution in [0.2, 0.25) is 0 Å². The molecule has 11 nitrogen and oxygen atoms in total. The van der Waals surface area contributed by atoms with Crippen molar-refractivity contribution in [3.8, 4) is 11.6 Å². The van der Waals surface area contributed by atoms with Crippen LogP contribution >= 0.6 is 0 Å². The lowest BCUT2D eigenvalue weighted by molar-refractivity contribution is -0.213. The van der Waals surface area contributed by atoms with Crippen LogP contribution in [0.15, 0.2) is 42.6 Å². The molecule has 2 aromatic rings. The van der Waals surface area contributed by atoms with Crippen molar-refractivity contribution < 1.29 is 50.2 Å². The van der Waals surface area contributed by atoms with Crippen molar-refractivity contribution >= 4 is 44.2 Å². The van der Waals surface area contributed by atoms with Crippen LogP contribution < -0.4 is 14.2 Å². The molecular formula is C43H56F3N3O8S. The number of nitrogens with zero attached hydrogens (tertiary/aromatic N) is 2. The summed E-state index contributed by atoms with van der Waals surface area (Å²) in [5.41, 5.74) is -3.66. The van der Waals surface area contributed by atoms with E-state index < -0.39 is 97.9 Å². The molecule has 4 aliphatic rings. The number of fused-ring (bicyclic) bond motifs is 3. The summed E-state index contributed by atoms with van der Waals surface area (Å²) < 4.78 is 81.5. The highest BCUT2D eigenvalue weighted by molar-refractivity contribution is 7.91. The molecule has 3 fully saturated rings. The lowest BCUT2D eigenvalue weighted by atomic mass is 9.78. The van der Waals surface area contributed by atoms with Crippen molar-refractivity contribution in [1.29, 1.82) is 0 Å². The SMILES string of the molecule is CCOc1ccc2c(O[C@@H]3C[C@H]4C(=O)C[C@]5(C(=O)NS(=O)(=O)C6(C)CC6)C[C@H]5/C=C\CC[C@H](C)C[C@@H](C)[C@H](CC(=O)CC(C)(C)C(F)(F)F)C(=O)N4C3)nccc2c1. The van der Waals surface area contributed by atoms with Crippen LogP contribution in [0.25, 0.3) is 10.8 Å². The minimum absolute atomic E-state index is 0.0147. The lowest BCUT2D eigenvalue weighted by Gasteiger charge is -2.33. The molecule has 2 saturated carbocycles. The van der Waals surface area contributed by atoms with Gasteiger partial charge in [0.2, 0.25) is 27.7 Å². The molecule has 2 aliphatic carbocycles. The van der Waals surface area contributed by atoms with Gasteiger partial charge in [0, 0.05) is 43.2 Å². The fourth-order valence-electron chi connectivity index (χ4n) is 8.63. The monoisotopic (exact) mass is 831 g/mol. The van der Waals surface area contributed by atoms with E-state index in [2.05, 4.69) is 9.71 Å². The quantitative estimate of drug-likeness (QED) is 0.227. The van der Waals surface area contributed by atoms with Gasteiger partial charge in [-0.3, -0.25) is 23.9 Å². The van der Waals surface area contributed by atoms with Gasteiger partial charge in [0.25, 0.3) is 0 Å². The highest BCUT2D eigenvalue weighted by atomic mass is 32.2. The number of benzene rings is 1. The summed E-state index contributed by atoms with van der Waals surface area (Å²) in [5.74, 6) is -3.34. The molecule has 6 rings (SSSR count). The van der Waals surface area contributed by atoms with Crippen molar-refractivity contribution in [1.82, 2.24) is 14.6 Å². The number of allylic oxidation sites excluding steroid dienone is 2. The summed E-state index contributed by atoms with van der Waals surface area (Å²) in [6.07, 6.45) is 1.31. The Labute approximate surface area is 338 Å². The molecule has 15 heteroatoms. The van der Waals surface area contributed by atoms with E-state index >= 15 is 0 Å². The van der Waals surface area contributed by atoms with Gasteiger partial charge in [-0.15, -0.1) is 0 Å². The normalized spacial score (nSPS) is 29.7. The molecule has 0 unspecified atom stereocenters. The van der Waals surface area contributed by atoms with Crippen LogP contribution in [0.3, 0.4) is 0 Å². The maximum atomic E-state index is 14.9. The van der Waals surface area contributed by atoms with Crippen molar-refractivity contribution in [2.75, 3.05) is 13.2 Å². The Morgan fingerprint density at radius 3 is 2.48 bits per heavy atom. The smallest absolute Gasteiger partial charge is 0.394 e. The van der Waals surface area contributed by atoms with Gasteiger partial charge in [0.1, 0.15) is 17.6 Å². The number of rotatable bonds is 11. The third-order valence-corrected chi connectivity index (χ3v) is 15.1. The van der Waals surface area contributed by atoms with Gasteiger partial charge < -0.3 is 14.4 Å². The number of amides is 2. The average molecular weight is 832 g/mol. The number of carbonyl (C=O) groups excluding carboxylic acids is 4. The Bertz CT molecular complexity index is 2070. The van der Waals surface area contributed by atoms with Gasteiger partial charge >= 0.3 is 6.18 Å². The Hall–Kier alpha value is -4.01. The fourth-order valence-corrected chi connectivity index (χ4v) is 9.97. The number of carbonyl (C=O) groups is 4. The number of hydrogen-bond donors (Lipinski definition) is 1. The van der Waals surface area contributed by atoms with Gasteiger partial charge in [0.05, 0.1) is 34.8 Å². The minimum Gasteiger partial charge on any atom is -0.494 e. The number of Topliss-reactive ketones (excluding diaryl/α,β-unsaturated/α-hetero) is 2. The van der Waals surface area contributed by atoms with E-state index in [1.165, 1.54) is 4.90 Å². The Morgan fingerprint density at radius 1 is 1.09 bits per heavy atom. The summed E-state index contributed by atoms with van der Waals surface area (Å²) in [4.78, 5) is 62.8. The fraction of sp³-hybridized carbons (Fsp3) is 0.651. The van der Waals surface area contributed by atoms with E-state index in [4.69, 9.17) is 9.47 Å². The van der Waals surface area contributed by atoms with E-state index in [1.54, 1.807) is 31.3 Å². The molecule has 2 amide bonds. The highest BCUT2D eigenvalue weighted by Crippen LogP contribution is 2.58. The van der Waals surface area contributed by atoms with Crippen LogP contribution in [-0.2, 0) is 29.2 Å². The molecule has 1 N–H and O–H groups in total. The standard InChI is InChI=1S/C43H56F3N3O8S/c1-7-56-31-12-13-33-28(19-31)14-17-47-37(33)57-32-21-35-36(51)24-42(39(53)48-58(54,55)41(6)15-16-41)22-29(42)11-9-8-10-26(2)18-27(3)34(38(52)49(35)25-32)20-30(50)23-40(4,5)43(44,45)46/h9,11-14,17,19,26-27,29,32,34-35H,7-8,10,15-16,18,20-25H2,1-6H3,(H,48,53)/b11-9-/t26-,27+,29+,32+,34-,35-,42+/m0/s1. The van der Waals surface area contributed by atoms with Crippen molar-refractivity contribution in [2.45, 2.75) is 129 Å². The molecule has 2 aliphatic heterocycles. The predicted molar refractivity (Wildman–Crippen MR) is 211 cm³/mol. The first-order chi connectivity index (χ1) is 27.1. The van der Waals surface area contributed by atoms with Gasteiger partial charge in [-0.25, -0.2) is 13.4 Å². The second-order valence-corrected chi connectivity index (χ2v) is 20.3. The molecule has 0 radical (unpaired) electrons. The summed E-state index contributed by atoms with van der Waals surface area (Å²) in [6.45, 7) is 9.60. The summed E-state index contributed by atoms with van der Waals surface area (Å²) in [5, 5.41) is 1.45. The van der Waals surface area contributed by atoms with E-state index in [1.807, 2.05) is 39.0 Å². The summed E-state index contributed by atoms with van der Waals surface area (Å²) in [6, 6.07) is 6.11. The zero-order valence-electron chi connectivity index (χ0n) is 34.2. The number of nitrogens with one attached hydrogen (secondary N) is 1. The maximum absolute atomic E-state index is 14.9. The van der Waals surface area contributed by atoms with E-state index in [9.17, 15) is 40.8 Å². The largest absolute Gasteiger partial charge is 0.494 e. The molecule has 1 saturated heterocycles. The number of hydrogen-bond acceptors (Lipinski definition) is 9. The molecule has 7 atom stereocenters. The Balaban J connectivity index is 1.35. The van der Waals surface area contributed by atoms with Gasteiger partial charge in [-0.05, 0) is 99.8 Å². The first kappa shape index (κ1) is 43.6. The predicted octanol–water partition coefficient (Wildman–Crippen LogP) is 7.51. The third kappa shape index (κ3) is 9.08. The lowest BCUT2D eigenvalue weighted by Crippen LogP contribution is -2.48. The molecule has 0 bridgehead atoms. The van der Waals surface area contributed by atoms with E-state index in [-0.39, 0.29) is 37.6 Å². The van der Waals surface area contributed by atoms with E-state index in [0.29, 0.717) is 49.8 Å². The average Bonchev–Trinajstić information content (AvgIpc) is 4.01. The number of ketones is 2. The van der Waals surface area contributed by atoms with E-state index in [0.717, 1.165) is 19.2 Å². The number of ether oxygens (including phenoxy) is 2. The van der Waals surface area contributed by atoms with Crippen LogP contribution in [0.5, 0.6) is 11.6 Å². The zero-order valence-corrected chi connectivity index (χ0v) is 35.0. The highest BCUT2D eigenvalue weighted by Gasteiger charge is 2.63. The molecule has 0 spiro atoms. The maximum Gasteiger partial charge on any atom is 0.394 e. The molecular weight excluding hydrogens is 776 g/mol. The Kier molecular flexibility index (Phi) is 12.2. The molecule has 1 aromatic carbocycles. The minimum atomic E-state index is -4.64. The first-order valence-corrected chi connectivity index (χ1v) is 21.9. The number of alkyl halides is 3. The van der Waals surface area contributed by atoms with Gasteiger partial charge in [0.15, 0.2) is 5.78 Å². The summed E-state index contributed by atoms with van der Waals surface area (Å²) >= 11 is 0. The molecule has 3 heterocycles. The van der Waals surface area contributed by atoms with Crippen molar-refractivity contribution in [3.63, 3.8) is 0 Å². The third-order valence-electron chi connectivity index (χ3n) is 12.9. The van der Waals surface area contributed by atoms with Crippen LogP contribution in [0.1, 0.15) is 106 Å². The van der Waals surface area contributed by atoms with Crippen LogP contribution in [0, 0.1) is 34.5 Å². The molecule has 1 aromatic heterocycles. The molecule has 58 heavy (non-hydrogen) atoms. The number of sulfonamides is 1. The first-order valence-electron chi connectivity index (χ1n) is 20.4. The summed E-state index contributed by atoms with van der Waals surface area (Å²) in [7, 11) is -4.02. The van der Waals surface area contributed by atoms with Gasteiger partial charge in [-0.1, -0.05) is 39.8 Å². The van der Waals surface area contributed by atoms with Crippen molar-refractivity contribution in [2.24, 2.45) is 34.5 Å². The molecule has 318 valence electrons. The zero-order chi connectivity index (χ0) is 42.4. The van der Waals surface area contributed by atoms with Crippen molar-refractivity contribution in [3.05, 3.63) is 42.6 Å². The number of halogens is 3. The number of aromatic nitrogens is 1. The van der Waals surface area contributed by atoms with Gasteiger partial charge in [-0.2, -0.15) is 13.2 Å². The second kappa shape index (κ2) is 16.2. The number of pyridine rings is 1. The second-order valence-electron chi connectivity index (χ2n) is 18.1. The van der Waals surface area contributed by atoms with Crippen LogP contribution in [0.4, 0.5) is 13.2 Å². The Morgan fingerprint density at radius 2 is 1.81 bits per heavy atom. The van der Waals surface area contributed by atoms with Crippen LogP contribution in [-0.4, -0.2) is 77.9 Å².